The summed E-state index contributed by atoms with van der Waals surface area (Å²) in [6.45, 7) is 4.37. The van der Waals surface area contributed by atoms with E-state index < -0.39 is 12.1 Å². The largest absolute Gasteiger partial charge is 0.394 e. The number of carbonyl (C=O) groups is 1. The van der Waals surface area contributed by atoms with Gasteiger partial charge >= 0.3 is 0 Å². The first-order chi connectivity index (χ1) is 25.7. The lowest BCUT2D eigenvalue weighted by molar-refractivity contribution is -0.123. The number of aliphatic hydroxyl groups is 2. The van der Waals surface area contributed by atoms with E-state index >= 15 is 0 Å². The predicted molar refractivity (Wildman–Crippen MR) is 230 cm³/mol. The normalized spacial score (nSPS) is 12.9. The van der Waals surface area contributed by atoms with E-state index in [9.17, 15) is 15.0 Å². The minimum Gasteiger partial charge on any atom is -0.394 e. The van der Waals surface area contributed by atoms with Crippen molar-refractivity contribution >= 4 is 5.91 Å². The Morgan fingerprint density at radius 1 is 0.442 bits per heavy atom. The summed E-state index contributed by atoms with van der Waals surface area (Å²) < 4.78 is 0. The van der Waals surface area contributed by atoms with Crippen LogP contribution in [0.15, 0.2) is 12.2 Å². The number of hydrogen-bond donors (Lipinski definition) is 3. The van der Waals surface area contributed by atoms with Crippen molar-refractivity contribution < 1.29 is 15.0 Å². The Kier molecular flexibility index (Phi) is 43.8. The van der Waals surface area contributed by atoms with E-state index in [1.165, 1.54) is 218 Å². The van der Waals surface area contributed by atoms with Crippen molar-refractivity contribution in [3.05, 3.63) is 12.2 Å². The van der Waals surface area contributed by atoms with Crippen LogP contribution in [0.1, 0.15) is 271 Å². The molecule has 52 heavy (non-hydrogen) atoms. The Labute approximate surface area is 327 Å². The van der Waals surface area contributed by atoms with Gasteiger partial charge in [0.15, 0.2) is 0 Å². The molecule has 0 aliphatic carbocycles. The molecule has 0 fully saturated rings. The number of rotatable bonds is 44. The Morgan fingerprint density at radius 3 is 1.06 bits per heavy atom. The highest BCUT2D eigenvalue weighted by Gasteiger charge is 2.20. The summed E-state index contributed by atoms with van der Waals surface area (Å²) in [5, 5.41) is 23.2. The molecule has 1 amide bonds. The molecule has 0 aliphatic rings. The third-order valence-corrected chi connectivity index (χ3v) is 11.3. The summed E-state index contributed by atoms with van der Waals surface area (Å²) in [6, 6.07) is -0.537. The fraction of sp³-hybridized carbons (Fsp3) is 0.938. The molecule has 2 atom stereocenters. The Bertz CT molecular complexity index is 710. The van der Waals surface area contributed by atoms with Gasteiger partial charge in [0.05, 0.1) is 18.8 Å². The number of hydrogen-bond acceptors (Lipinski definition) is 3. The average Bonchev–Trinajstić information content (AvgIpc) is 3.15. The van der Waals surface area contributed by atoms with Gasteiger partial charge in [-0.2, -0.15) is 0 Å². The maximum atomic E-state index is 12.4. The zero-order valence-electron chi connectivity index (χ0n) is 35.6. The molecule has 0 aromatic heterocycles. The van der Waals surface area contributed by atoms with Crippen LogP contribution < -0.4 is 5.32 Å². The summed E-state index contributed by atoms with van der Waals surface area (Å²) in [7, 11) is 0. The second-order valence-corrected chi connectivity index (χ2v) is 16.5. The van der Waals surface area contributed by atoms with Crippen molar-refractivity contribution in [2.45, 2.75) is 283 Å². The lowest BCUT2D eigenvalue weighted by Crippen LogP contribution is -2.45. The van der Waals surface area contributed by atoms with E-state index in [4.69, 9.17) is 0 Å². The van der Waals surface area contributed by atoms with Crippen LogP contribution >= 0.6 is 0 Å². The number of allylic oxidation sites excluding steroid dienone is 2. The molecular formula is C48H95NO3. The summed E-state index contributed by atoms with van der Waals surface area (Å²) in [5.41, 5.74) is 0. The predicted octanol–water partition coefficient (Wildman–Crippen LogP) is 15.0. The van der Waals surface area contributed by atoms with Gasteiger partial charge in [0.2, 0.25) is 5.91 Å². The summed E-state index contributed by atoms with van der Waals surface area (Å²) in [6.07, 6.45) is 56.0. The van der Waals surface area contributed by atoms with E-state index in [-0.39, 0.29) is 12.5 Å². The smallest absolute Gasteiger partial charge is 0.220 e. The summed E-state index contributed by atoms with van der Waals surface area (Å²) in [5.74, 6) is -0.0370. The minimum absolute atomic E-state index is 0.0370. The maximum Gasteiger partial charge on any atom is 0.220 e. The third-order valence-electron chi connectivity index (χ3n) is 11.3. The first-order valence-corrected chi connectivity index (χ1v) is 23.9. The quantitative estimate of drug-likeness (QED) is 0.0431. The van der Waals surface area contributed by atoms with Gasteiger partial charge in [-0.1, -0.05) is 238 Å². The number of nitrogens with one attached hydrogen (secondary N) is 1. The Balaban J connectivity index is 3.43. The highest BCUT2D eigenvalue weighted by Crippen LogP contribution is 2.17. The molecule has 0 aromatic rings. The topological polar surface area (TPSA) is 69.6 Å². The van der Waals surface area contributed by atoms with E-state index in [1.807, 2.05) is 0 Å². The van der Waals surface area contributed by atoms with Crippen LogP contribution in [-0.2, 0) is 4.79 Å². The number of unbranched alkanes of at least 4 members (excludes halogenated alkanes) is 35. The van der Waals surface area contributed by atoms with Crippen LogP contribution in [0.5, 0.6) is 0 Å². The second-order valence-electron chi connectivity index (χ2n) is 16.5. The molecule has 0 heterocycles. The fourth-order valence-corrected chi connectivity index (χ4v) is 7.59. The Morgan fingerprint density at radius 2 is 0.731 bits per heavy atom. The van der Waals surface area contributed by atoms with Crippen LogP contribution in [0.2, 0.25) is 0 Å². The molecule has 4 nitrogen and oxygen atoms in total. The lowest BCUT2D eigenvalue weighted by Gasteiger charge is -2.22. The SMILES string of the molecule is CCCCCCC/C=C\CCCCCCCC(=O)NC(CO)C(O)CCCCCCCCCCCCCCCCCCCCCCCCCCCC. The van der Waals surface area contributed by atoms with E-state index in [1.54, 1.807) is 0 Å². The van der Waals surface area contributed by atoms with Crippen molar-refractivity contribution in [2.75, 3.05) is 6.61 Å². The molecule has 0 saturated carbocycles. The van der Waals surface area contributed by atoms with Gasteiger partial charge in [-0.05, 0) is 38.5 Å². The van der Waals surface area contributed by atoms with Crippen molar-refractivity contribution in [1.29, 1.82) is 0 Å². The number of aliphatic hydroxyl groups excluding tert-OH is 2. The van der Waals surface area contributed by atoms with Gasteiger partial charge in [-0.25, -0.2) is 0 Å². The molecule has 4 heteroatoms. The van der Waals surface area contributed by atoms with Crippen LogP contribution in [0, 0.1) is 0 Å². The van der Waals surface area contributed by atoms with Crippen LogP contribution in [0.3, 0.4) is 0 Å². The van der Waals surface area contributed by atoms with E-state index in [0.29, 0.717) is 12.8 Å². The van der Waals surface area contributed by atoms with Gasteiger partial charge in [0.25, 0.3) is 0 Å². The molecule has 0 spiro atoms. The van der Waals surface area contributed by atoms with Crippen molar-refractivity contribution in [3.63, 3.8) is 0 Å². The standard InChI is InChI=1S/C48H95NO3/c1-3-5-7-9-11-13-15-17-19-20-21-22-23-24-25-26-27-28-29-30-31-33-35-37-39-41-43-47(51)46(45-50)49-48(52)44-42-40-38-36-34-32-18-16-14-12-10-8-6-4-2/h16,18,46-47,50-51H,3-15,17,19-45H2,1-2H3,(H,49,52)/b18-16-. The van der Waals surface area contributed by atoms with E-state index in [2.05, 4.69) is 31.3 Å². The lowest BCUT2D eigenvalue weighted by atomic mass is 10.0. The van der Waals surface area contributed by atoms with Crippen LogP contribution in [-0.4, -0.2) is 34.9 Å². The second kappa shape index (κ2) is 44.5. The minimum atomic E-state index is -0.660. The molecule has 0 aliphatic heterocycles. The van der Waals surface area contributed by atoms with Crippen molar-refractivity contribution in [1.82, 2.24) is 5.32 Å². The van der Waals surface area contributed by atoms with Gasteiger partial charge in [-0.15, -0.1) is 0 Å². The van der Waals surface area contributed by atoms with Crippen LogP contribution in [0.25, 0.3) is 0 Å². The maximum absolute atomic E-state index is 12.4. The number of amides is 1. The molecule has 310 valence electrons. The van der Waals surface area contributed by atoms with Crippen molar-refractivity contribution in [3.8, 4) is 0 Å². The molecule has 0 rings (SSSR count). The highest BCUT2D eigenvalue weighted by atomic mass is 16.3. The third kappa shape index (κ3) is 40.3. The molecule has 0 aromatic carbocycles. The molecular weight excluding hydrogens is 639 g/mol. The van der Waals surface area contributed by atoms with Crippen molar-refractivity contribution in [2.24, 2.45) is 0 Å². The zero-order valence-corrected chi connectivity index (χ0v) is 35.6. The summed E-state index contributed by atoms with van der Waals surface area (Å²) in [4.78, 5) is 12.4. The van der Waals surface area contributed by atoms with Gasteiger partial charge in [-0.3, -0.25) is 4.79 Å². The molecule has 0 saturated heterocycles. The molecule has 2 unspecified atom stereocenters. The first kappa shape index (κ1) is 51.1. The monoisotopic (exact) mass is 734 g/mol. The number of carbonyl (C=O) groups excluding carboxylic acids is 1. The Hall–Kier alpha value is -0.870. The summed E-state index contributed by atoms with van der Waals surface area (Å²) >= 11 is 0. The fourth-order valence-electron chi connectivity index (χ4n) is 7.59. The average molecular weight is 734 g/mol. The molecule has 3 N–H and O–H groups in total. The van der Waals surface area contributed by atoms with Crippen LogP contribution in [0.4, 0.5) is 0 Å². The van der Waals surface area contributed by atoms with Gasteiger partial charge in [0, 0.05) is 6.42 Å². The molecule has 0 radical (unpaired) electrons. The van der Waals surface area contributed by atoms with Gasteiger partial charge in [0.1, 0.15) is 0 Å². The van der Waals surface area contributed by atoms with Gasteiger partial charge < -0.3 is 15.5 Å². The molecule has 0 bridgehead atoms. The zero-order chi connectivity index (χ0) is 37.8. The first-order valence-electron chi connectivity index (χ1n) is 23.9. The van der Waals surface area contributed by atoms with E-state index in [0.717, 1.165) is 25.7 Å². The highest BCUT2D eigenvalue weighted by molar-refractivity contribution is 5.76.